The van der Waals surface area contributed by atoms with E-state index in [0.717, 1.165) is 6.42 Å². The number of hydrogen-bond donors (Lipinski definition) is 2. The molecule has 18 heavy (non-hydrogen) atoms. The van der Waals surface area contributed by atoms with E-state index in [1.807, 2.05) is 13.8 Å². The highest BCUT2D eigenvalue weighted by Gasteiger charge is 2.05. The van der Waals surface area contributed by atoms with Crippen LogP contribution in [-0.2, 0) is 11.3 Å². The van der Waals surface area contributed by atoms with Crippen LogP contribution in [0.2, 0.25) is 0 Å². The fraction of sp³-hybridized carbons (Fsp3) is 0.500. The minimum Gasteiger partial charge on any atom is -0.354 e. The van der Waals surface area contributed by atoms with Gasteiger partial charge in [-0.15, -0.1) is 0 Å². The van der Waals surface area contributed by atoms with Crippen molar-refractivity contribution in [1.29, 1.82) is 0 Å². The zero-order chi connectivity index (χ0) is 13.4. The number of carbonyl (C=O) groups excluding carboxylic acids is 1. The second-order valence-electron chi connectivity index (χ2n) is 4.39. The van der Waals surface area contributed by atoms with Gasteiger partial charge < -0.3 is 10.6 Å². The van der Waals surface area contributed by atoms with Crippen LogP contribution in [0.5, 0.6) is 0 Å². The predicted molar refractivity (Wildman–Crippen MR) is 70.6 cm³/mol. The van der Waals surface area contributed by atoms with E-state index in [1.54, 1.807) is 18.2 Å². The van der Waals surface area contributed by atoms with Gasteiger partial charge in [0.1, 0.15) is 5.82 Å². The normalized spacial score (nSPS) is 12.2. The Balaban J connectivity index is 2.19. The number of rotatable bonds is 7. The second-order valence-corrected chi connectivity index (χ2v) is 4.39. The largest absolute Gasteiger partial charge is 0.354 e. The first-order valence-corrected chi connectivity index (χ1v) is 6.37. The molecule has 0 heterocycles. The lowest BCUT2D eigenvalue weighted by Gasteiger charge is -2.11. The molecule has 1 aromatic rings. The summed E-state index contributed by atoms with van der Waals surface area (Å²) in [6.07, 6.45) is 1.34. The number of carbonyl (C=O) groups is 1. The van der Waals surface area contributed by atoms with E-state index in [-0.39, 0.29) is 17.8 Å². The summed E-state index contributed by atoms with van der Waals surface area (Å²) in [6.45, 7) is 5.01. The van der Waals surface area contributed by atoms with Gasteiger partial charge in [0.2, 0.25) is 5.91 Å². The Morgan fingerprint density at radius 2 is 2.11 bits per heavy atom. The SMILES string of the molecule is CCC(C)NC(=O)CCNCc1ccccc1F. The molecule has 1 aromatic carbocycles. The van der Waals surface area contributed by atoms with Crippen molar-refractivity contribution in [2.24, 2.45) is 0 Å². The van der Waals surface area contributed by atoms with E-state index in [2.05, 4.69) is 10.6 Å². The van der Waals surface area contributed by atoms with Crippen molar-refractivity contribution in [2.75, 3.05) is 6.54 Å². The van der Waals surface area contributed by atoms with Gasteiger partial charge in [-0.1, -0.05) is 25.1 Å². The summed E-state index contributed by atoms with van der Waals surface area (Å²) in [5.41, 5.74) is 0.625. The van der Waals surface area contributed by atoms with Gasteiger partial charge in [0, 0.05) is 31.1 Å². The number of amides is 1. The average molecular weight is 252 g/mol. The molecule has 0 aliphatic rings. The smallest absolute Gasteiger partial charge is 0.221 e. The Morgan fingerprint density at radius 3 is 2.78 bits per heavy atom. The minimum atomic E-state index is -0.214. The summed E-state index contributed by atoms with van der Waals surface area (Å²) in [7, 11) is 0. The lowest BCUT2D eigenvalue weighted by molar-refractivity contribution is -0.121. The van der Waals surface area contributed by atoms with Crippen molar-refractivity contribution in [3.8, 4) is 0 Å². The molecule has 4 heteroatoms. The molecule has 0 saturated heterocycles. The van der Waals surface area contributed by atoms with E-state index >= 15 is 0 Å². The molecule has 0 saturated carbocycles. The van der Waals surface area contributed by atoms with Crippen LogP contribution in [0, 0.1) is 5.82 Å². The van der Waals surface area contributed by atoms with Crippen LogP contribution in [0.15, 0.2) is 24.3 Å². The van der Waals surface area contributed by atoms with E-state index in [9.17, 15) is 9.18 Å². The Morgan fingerprint density at radius 1 is 1.39 bits per heavy atom. The Bertz CT molecular complexity index is 382. The fourth-order valence-electron chi connectivity index (χ4n) is 1.52. The average Bonchev–Trinajstić information content (AvgIpc) is 2.36. The number of benzene rings is 1. The highest BCUT2D eigenvalue weighted by atomic mass is 19.1. The molecule has 0 bridgehead atoms. The van der Waals surface area contributed by atoms with Crippen LogP contribution in [-0.4, -0.2) is 18.5 Å². The topological polar surface area (TPSA) is 41.1 Å². The van der Waals surface area contributed by atoms with E-state index in [4.69, 9.17) is 0 Å². The second kappa shape index (κ2) is 7.82. The summed E-state index contributed by atoms with van der Waals surface area (Å²) in [5.74, 6) is -0.181. The van der Waals surface area contributed by atoms with Gasteiger partial charge in [-0.2, -0.15) is 0 Å². The van der Waals surface area contributed by atoms with Crippen LogP contribution in [0.25, 0.3) is 0 Å². The molecule has 1 amide bonds. The fourth-order valence-corrected chi connectivity index (χ4v) is 1.52. The first-order valence-electron chi connectivity index (χ1n) is 6.37. The van der Waals surface area contributed by atoms with Crippen molar-refractivity contribution in [3.63, 3.8) is 0 Å². The Labute approximate surface area is 108 Å². The molecule has 1 unspecified atom stereocenters. The van der Waals surface area contributed by atoms with Crippen molar-refractivity contribution < 1.29 is 9.18 Å². The van der Waals surface area contributed by atoms with Gasteiger partial charge in [-0.3, -0.25) is 4.79 Å². The minimum absolute atomic E-state index is 0.0328. The summed E-state index contributed by atoms with van der Waals surface area (Å²) < 4.78 is 13.3. The van der Waals surface area contributed by atoms with Crippen molar-refractivity contribution in [2.45, 2.75) is 39.3 Å². The molecular weight excluding hydrogens is 231 g/mol. The third kappa shape index (κ3) is 5.27. The zero-order valence-electron chi connectivity index (χ0n) is 11.0. The molecule has 3 nitrogen and oxygen atoms in total. The summed E-state index contributed by atoms with van der Waals surface area (Å²) in [4.78, 5) is 11.5. The van der Waals surface area contributed by atoms with Crippen LogP contribution < -0.4 is 10.6 Å². The third-order valence-corrected chi connectivity index (χ3v) is 2.82. The molecule has 0 aromatic heterocycles. The van der Waals surface area contributed by atoms with Crippen LogP contribution >= 0.6 is 0 Å². The number of hydrogen-bond acceptors (Lipinski definition) is 2. The quantitative estimate of drug-likeness (QED) is 0.731. The highest BCUT2D eigenvalue weighted by molar-refractivity contribution is 5.76. The third-order valence-electron chi connectivity index (χ3n) is 2.82. The van der Waals surface area contributed by atoms with Gasteiger partial charge >= 0.3 is 0 Å². The van der Waals surface area contributed by atoms with Crippen molar-refractivity contribution in [1.82, 2.24) is 10.6 Å². The molecule has 0 radical (unpaired) electrons. The maximum atomic E-state index is 13.3. The molecule has 0 aliphatic carbocycles. The first kappa shape index (κ1) is 14.6. The monoisotopic (exact) mass is 252 g/mol. The zero-order valence-corrected chi connectivity index (χ0v) is 11.0. The van der Waals surface area contributed by atoms with Crippen LogP contribution in [0.1, 0.15) is 32.3 Å². The number of nitrogens with one attached hydrogen (secondary N) is 2. The summed E-state index contributed by atoms with van der Waals surface area (Å²) >= 11 is 0. The van der Waals surface area contributed by atoms with E-state index in [0.29, 0.717) is 25.1 Å². The molecular formula is C14H21FN2O. The lowest BCUT2D eigenvalue weighted by atomic mass is 10.2. The molecule has 1 atom stereocenters. The van der Waals surface area contributed by atoms with Gasteiger partial charge in [-0.25, -0.2) is 4.39 Å². The molecule has 0 fully saturated rings. The summed E-state index contributed by atoms with van der Waals surface area (Å²) in [6, 6.07) is 6.85. The maximum absolute atomic E-state index is 13.3. The summed E-state index contributed by atoms with van der Waals surface area (Å²) in [5, 5.41) is 5.95. The molecule has 0 spiro atoms. The lowest BCUT2D eigenvalue weighted by Crippen LogP contribution is -2.33. The van der Waals surface area contributed by atoms with Crippen molar-refractivity contribution >= 4 is 5.91 Å². The van der Waals surface area contributed by atoms with Gasteiger partial charge in [0.25, 0.3) is 0 Å². The molecule has 2 N–H and O–H groups in total. The van der Waals surface area contributed by atoms with E-state index < -0.39 is 0 Å². The van der Waals surface area contributed by atoms with Crippen LogP contribution in [0.4, 0.5) is 4.39 Å². The Kier molecular flexibility index (Phi) is 6.36. The van der Waals surface area contributed by atoms with Gasteiger partial charge in [0.05, 0.1) is 0 Å². The first-order chi connectivity index (χ1) is 8.63. The van der Waals surface area contributed by atoms with Gasteiger partial charge in [-0.05, 0) is 19.4 Å². The van der Waals surface area contributed by atoms with Crippen molar-refractivity contribution in [3.05, 3.63) is 35.6 Å². The molecule has 100 valence electrons. The maximum Gasteiger partial charge on any atom is 0.221 e. The number of halogens is 1. The molecule has 1 rings (SSSR count). The van der Waals surface area contributed by atoms with Crippen LogP contribution in [0.3, 0.4) is 0 Å². The standard InChI is InChI=1S/C14H21FN2O/c1-3-11(2)17-14(18)8-9-16-10-12-6-4-5-7-13(12)15/h4-7,11,16H,3,8-10H2,1-2H3,(H,17,18). The van der Waals surface area contributed by atoms with E-state index in [1.165, 1.54) is 6.07 Å². The predicted octanol–water partition coefficient (Wildman–Crippen LogP) is 2.22. The van der Waals surface area contributed by atoms with Gasteiger partial charge in [0.15, 0.2) is 0 Å². The Hall–Kier alpha value is -1.42. The highest BCUT2D eigenvalue weighted by Crippen LogP contribution is 2.05. The molecule has 0 aliphatic heterocycles.